The first-order valence-electron chi connectivity index (χ1n) is 2.81. The molecule has 0 amide bonds. The van der Waals surface area contributed by atoms with Gasteiger partial charge in [0, 0.05) is 12.5 Å². The van der Waals surface area contributed by atoms with E-state index in [1.165, 1.54) is 6.08 Å². The molecule has 1 atom stereocenters. The molecule has 0 aliphatic heterocycles. The summed E-state index contributed by atoms with van der Waals surface area (Å²) in [4.78, 5) is 9.86. The van der Waals surface area contributed by atoms with E-state index in [1.54, 1.807) is 6.08 Å². The Labute approximate surface area is 54.8 Å². The molecule has 0 aromatic rings. The minimum absolute atomic E-state index is 0.196. The van der Waals surface area contributed by atoms with Crippen molar-refractivity contribution in [2.45, 2.75) is 13.3 Å². The quantitative estimate of drug-likeness (QED) is 0.419. The van der Waals surface area contributed by atoms with E-state index >= 15 is 0 Å². The van der Waals surface area contributed by atoms with Crippen molar-refractivity contribution >= 4 is 6.29 Å². The van der Waals surface area contributed by atoms with Crippen LogP contribution in [0, 0.1) is 17.2 Å². The molecule has 48 valence electrons. The van der Waals surface area contributed by atoms with Gasteiger partial charge in [0.05, 0.1) is 6.07 Å². The van der Waals surface area contributed by atoms with Crippen LogP contribution in [0.25, 0.3) is 0 Å². The zero-order valence-corrected chi connectivity index (χ0v) is 5.37. The molecule has 0 saturated carbocycles. The summed E-state index contributed by atoms with van der Waals surface area (Å²) in [6, 6.07) is 1.86. The van der Waals surface area contributed by atoms with E-state index in [9.17, 15) is 4.79 Å². The smallest absolute Gasteiger partial charge is 0.120 e. The van der Waals surface area contributed by atoms with Gasteiger partial charge in [0.2, 0.25) is 0 Å². The van der Waals surface area contributed by atoms with Crippen molar-refractivity contribution in [3.8, 4) is 6.07 Å². The first-order chi connectivity index (χ1) is 4.31. The predicted molar refractivity (Wildman–Crippen MR) is 34.6 cm³/mol. The molecule has 0 aliphatic rings. The highest BCUT2D eigenvalue weighted by molar-refractivity contribution is 5.50. The summed E-state index contributed by atoms with van der Waals surface area (Å²) in [7, 11) is 0. The van der Waals surface area contributed by atoms with Gasteiger partial charge < -0.3 is 4.79 Å². The van der Waals surface area contributed by atoms with E-state index in [-0.39, 0.29) is 5.92 Å². The normalized spacial score (nSPS) is 12.9. The van der Waals surface area contributed by atoms with E-state index < -0.39 is 0 Å². The minimum atomic E-state index is 0.196. The summed E-state index contributed by atoms with van der Waals surface area (Å²) in [5.41, 5.74) is 0. The van der Waals surface area contributed by atoms with Crippen LogP contribution in [0.5, 0.6) is 0 Å². The molecule has 0 heterocycles. The molecular formula is C7H9NO. The van der Waals surface area contributed by atoms with Crippen molar-refractivity contribution < 1.29 is 4.79 Å². The number of hydrogen-bond donors (Lipinski definition) is 0. The molecule has 2 heteroatoms. The number of nitriles is 1. The van der Waals surface area contributed by atoms with Crippen molar-refractivity contribution in [1.82, 2.24) is 0 Å². The second-order valence-electron chi connectivity index (χ2n) is 1.87. The van der Waals surface area contributed by atoms with Gasteiger partial charge in [-0.25, -0.2) is 0 Å². The average Bonchev–Trinajstić information content (AvgIpc) is 1.85. The van der Waals surface area contributed by atoms with Gasteiger partial charge in [0.1, 0.15) is 6.29 Å². The number of carbonyl (C=O) groups is 1. The molecule has 0 rings (SSSR count). The van der Waals surface area contributed by atoms with Gasteiger partial charge in [-0.2, -0.15) is 5.26 Å². The van der Waals surface area contributed by atoms with Gasteiger partial charge in [-0.3, -0.25) is 0 Å². The molecule has 0 N–H and O–H groups in total. The lowest BCUT2D eigenvalue weighted by molar-refractivity contribution is -0.108. The molecule has 0 aromatic heterocycles. The van der Waals surface area contributed by atoms with Crippen molar-refractivity contribution in [3.05, 3.63) is 12.2 Å². The Hall–Kier alpha value is -1.10. The molecule has 0 aromatic carbocycles. The third kappa shape index (κ3) is 4.76. The molecule has 0 fully saturated rings. The predicted octanol–water partition coefficient (Wildman–Crippen LogP) is 1.29. The number of carbonyl (C=O) groups excluding carboxylic acids is 1. The molecule has 0 aliphatic carbocycles. The summed E-state index contributed by atoms with van der Waals surface area (Å²) < 4.78 is 0. The van der Waals surface area contributed by atoms with E-state index in [0.29, 0.717) is 6.42 Å². The maximum absolute atomic E-state index is 9.86. The largest absolute Gasteiger partial charge is 0.303 e. The summed E-state index contributed by atoms with van der Waals surface area (Å²) in [5.74, 6) is 0.196. The van der Waals surface area contributed by atoms with E-state index in [0.717, 1.165) is 6.29 Å². The Morgan fingerprint density at radius 3 is 2.89 bits per heavy atom. The second kappa shape index (κ2) is 5.04. The fourth-order valence-electron chi connectivity index (χ4n) is 0.438. The van der Waals surface area contributed by atoms with Crippen molar-refractivity contribution in [2.75, 3.05) is 0 Å². The summed E-state index contributed by atoms with van der Waals surface area (Å²) in [6.45, 7) is 1.89. The van der Waals surface area contributed by atoms with E-state index in [4.69, 9.17) is 5.26 Å². The molecule has 2 nitrogen and oxygen atoms in total. The van der Waals surface area contributed by atoms with Gasteiger partial charge in [0.25, 0.3) is 0 Å². The first-order valence-corrected chi connectivity index (χ1v) is 2.81. The Bertz CT molecular complexity index is 143. The van der Waals surface area contributed by atoms with Crippen LogP contribution < -0.4 is 0 Å². The topological polar surface area (TPSA) is 40.9 Å². The van der Waals surface area contributed by atoms with Crippen LogP contribution in [-0.4, -0.2) is 6.29 Å². The van der Waals surface area contributed by atoms with Crippen molar-refractivity contribution in [2.24, 2.45) is 5.92 Å². The maximum Gasteiger partial charge on any atom is 0.120 e. The third-order valence-corrected chi connectivity index (χ3v) is 0.967. The Balaban J connectivity index is 3.51. The van der Waals surface area contributed by atoms with Crippen LogP contribution in [0.2, 0.25) is 0 Å². The Morgan fingerprint density at radius 1 is 1.78 bits per heavy atom. The standard InChI is InChI=1S/C7H9NO/c1-7(4-6-9)3-2-5-8/h2-3,6-7H,4H2,1H3. The maximum atomic E-state index is 9.86. The van der Waals surface area contributed by atoms with Gasteiger partial charge in [-0.1, -0.05) is 13.0 Å². The van der Waals surface area contributed by atoms with Gasteiger partial charge in [-0.05, 0) is 5.92 Å². The average molecular weight is 123 g/mol. The van der Waals surface area contributed by atoms with Crippen LogP contribution in [0.3, 0.4) is 0 Å². The first kappa shape index (κ1) is 7.90. The van der Waals surface area contributed by atoms with Crippen LogP contribution >= 0.6 is 0 Å². The van der Waals surface area contributed by atoms with Gasteiger partial charge in [0.15, 0.2) is 0 Å². The molecule has 0 spiro atoms. The van der Waals surface area contributed by atoms with Crippen LogP contribution in [0.4, 0.5) is 0 Å². The fourth-order valence-corrected chi connectivity index (χ4v) is 0.438. The lowest BCUT2D eigenvalue weighted by Crippen LogP contribution is -1.88. The fraction of sp³-hybridized carbons (Fsp3) is 0.429. The highest BCUT2D eigenvalue weighted by Gasteiger charge is 1.91. The van der Waals surface area contributed by atoms with E-state index in [2.05, 4.69) is 0 Å². The number of aldehydes is 1. The summed E-state index contributed by atoms with van der Waals surface area (Å²) in [5, 5.41) is 8.06. The van der Waals surface area contributed by atoms with Crippen molar-refractivity contribution in [1.29, 1.82) is 5.26 Å². The van der Waals surface area contributed by atoms with Gasteiger partial charge >= 0.3 is 0 Å². The second-order valence-corrected chi connectivity index (χ2v) is 1.87. The molecule has 0 radical (unpaired) electrons. The van der Waals surface area contributed by atoms with E-state index in [1.807, 2.05) is 13.0 Å². The number of rotatable bonds is 3. The van der Waals surface area contributed by atoms with Crippen molar-refractivity contribution in [3.63, 3.8) is 0 Å². The van der Waals surface area contributed by atoms with Crippen LogP contribution in [0.15, 0.2) is 12.2 Å². The number of allylic oxidation sites excluding steroid dienone is 2. The summed E-state index contributed by atoms with van der Waals surface area (Å²) >= 11 is 0. The third-order valence-electron chi connectivity index (χ3n) is 0.967. The zero-order chi connectivity index (χ0) is 7.11. The van der Waals surface area contributed by atoms with Gasteiger partial charge in [-0.15, -0.1) is 0 Å². The minimum Gasteiger partial charge on any atom is -0.303 e. The molecular weight excluding hydrogens is 114 g/mol. The monoisotopic (exact) mass is 123 g/mol. The zero-order valence-electron chi connectivity index (χ0n) is 5.37. The van der Waals surface area contributed by atoms with Crippen LogP contribution in [-0.2, 0) is 4.79 Å². The lowest BCUT2D eigenvalue weighted by atomic mass is 10.1. The molecule has 0 bridgehead atoms. The van der Waals surface area contributed by atoms with Crippen LogP contribution in [0.1, 0.15) is 13.3 Å². The highest BCUT2D eigenvalue weighted by atomic mass is 16.1. The molecule has 0 saturated heterocycles. The number of hydrogen-bond acceptors (Lipinski definition) is 2. The number of nitrogens with zero attached hydrogens (tertiary/aromatic N) is 1. The summed E-state index contributed by atoms with van der Waals surface area (Å²) in [6.07, 6.45) is 4.47. The lowest BCUT2D eigenvalue weighted by Gasteiger charge is -1.94. The molecule has 9 heavy (non-hydrogen) atoms. The Morgan fingerprint density at radius 2 is 2.44 bits per heavy atom. The highest BCUT2D eigenvalue weighted by Crippen LogP contribution is 1.99. The molecule has 1 unspecified atom stereocenters. The Kier molecular flexibility index (Phi) is 4.43. The SMILES string of the molecule is CC(C=CC#N)CC=O.